The number of hydrogen-bond acceptors (Lipinski definition) is 3. The van der Waals surface area contributed by atoms with Crippen LogP contribution >= 0.6 is 0 Å². The summed E-state index contributed by atoms with van der Waals surface area (Å²) in [6.07, 6.45) is -13.5. The molecule has 0 aliphatic rings. The van der Waals surface area contributed by atoms with Gasteiger partial charge in [-0.15, -0.1) is 0 Å². The molecule has 0 spiro atoms. The van der Waals surface area contributed by atoms with Crippen LogP contribution < -0.4 is 5.32 Å². The first-order valence-corrected chi connectivity index (χ1v) is 4.12. The molecule has 0 fully saturated rings. The van der Waals surface area contributed by atoms with Crippen molar-refractivity contribution in [3.8, 4) is 0 Å². The van der Waals surface area contributed by atoms with Gasteiger partial charge in [-0.05, 0) is 0 Å². The molecular weight excluding hydrogens is 276 g/mol. The lowest BCUT2D eigenvalue weighted by Gasteiger charge is -2.28. The van der Waals surface area contributed by atoms with Gasteiger partial charge in [0.1, 0.15) is 6.04 Å². The standard InChI is InChI=1S/C7H7F6NO4/c1-18-5(17)14-2(4(15)16)3(6(8,9)10)7(11,12)13/h2-3H,1H3,(H,14,17)(H,15,16)/t2-/m0/s1. The zero-order chi connectivity index (χ0) is 14.7. The Hall–Kier alpha value is -1.68. The summed E-state index contributed by atoms with van der Waals surface area (Å²) in [6, 6.07) is -3.22. The number of ether oxygens (including phenoxy) is 1. The summed E-state index contributed by atoms with van der Waals surface area (Å²) >= 11 is 0. The van der Waals surface area contributed by atoms with E-state index in [0.717, 1.165) is 5.32 Å². The van der Waals surface area contributed by atoms with Gasteiger partial charge in [-0.2, -0.15) is 26.3 Å². The van der Waals surface area contributed by atoms with E-state index in [9.17, 15) is 35.9 Å². The van der Waals surface area contributed by atoms with Crippen molar-refractivity contribution in [2.24, 2.45) is 5.92 Å². The van der Waals surface area contributed by atoms with Crippen LogP contribution in [0, 0.1) is 5.92 Å². The number of aliphatic carboxylic acids is 1. The van der Waals surface area contributed by atoms with Crippen molar-refractivity contribution < 1.29 is 45.8 Å². The molecule has 0 rings (SSSR count). The number of alkyl carbamates (subject to hydrolysis) is 1. The molecule has 0 aliphatic heterocycles. The highest BCUT2D eigenvalue weighted by Crippen LogP contribution is 2.41. The third kappa shape index (κ3) is 4.30. The topological polar surface area (TPSA) is 75.6 Å². The van der Waals surface area contributed by atoms with Gasteiger partial charge in [0.05, 0.1) is 7.11 Å². The molecule has 5 nitrogen and oxygen atoms in total. The molecule has 0 radical (unpaired) electrons. The van der Waals surface area contributed by atoms with Crippen LogP contribution in [0.3, 0.4) is 0 Å². The predicted molar refractivity (Wildman–Crippen MR) is 42.6 cm³/mol. The van der Waals surface area contributed by atoms with Gasteiger partial charge < -0.3 is 15.2 Å². The Labute approximate surface area is 95.7 Å². The second kappa shape index (κ2) is 5.31. The van der Waals surface area contributed by atoms with E-state index in [-0.39, 0.29) is 0 Å². The molecule has 0 aromatic rings. The molecule has 0 heterocycles. The van der Waals surface area contributed by atoms with Crippen LogP contribution in [-0.2, 0) is 9.53 Å². The quantitative estimate of drug-likeness (QED) is 0.770. The first kappa shape index (κ1) is 16.3. The molecule has 1 amide bonds. The third-order valence-electron chi connectivity index (χ3n) is 1.76. The number of nitrogens with one attached hydrogen (secondary N) is 1. The minimum Gasteiger partial charge on any atom is -0.480 e. The lowest BCUT2D eigenvalue weighted by atomic mass is 9.98. The van der Waals surface area contributed by atoms with Gasteiger partial charge in [-0.25, -0.2) is 9.59 Å². The summed E-state index contributed by atoms with van der Waals surface area (Å²) in [6.45, 7) is 0. The summed E-state index contributed by atoms with van der Waals surface area (Å²) in [5.41, 5.74) is 0. The zero-order valence-electron chi connectivity index (χ0n) is 8.59. The maximum atomic E-state index is 12.2. The van der Waals surface area contributed by atoms with Crippen molar-refractivity contribution in [1.82, 2.24) is 5.32 Å². The number of halogens is 6. The van der Waals surface area contributed by atoms with Crippen molar-refractivity contribution in [1.29, 1.82) is 0 Å². The maximum absolute atomic E-state index is 12.2. The van der Waals surface area contributed by atoms with Crippen LogP contribution in [0.15, 0.2) is 0 Å². The number of carboxylic acids is 1. The highest BCUT2D eigenvalue weighted by molar-refractivity contribution is 5.80. The minimum atomic E-state index is -5.89. The van der Waals surface area contributed by atoms with Crippen molar-refractivity contribution in [2.75, 3.05) is 7.11 Å². The number of rotatable bonds is 3. The largest absolute Gasteiger partial charge is 0.480 e. The lowest BCUT2D eigenvalue weighted by molar-refractivity contribution is -0.290. The SMILES string of the molecule is COC(=O)N[C@H](C(=O)O)C(C(F)(F)F)C(F)(F)F. The van der Waals surface area contributed by atoms with Crippen LogP contribution in [0.25, 0.3) is 0 Å². The number of methoxy groups -OCH3 is 1. The Morgan fingerprint density at radius 2 is 1.50 bits per heavy atom. The van der Waals surface area contributed by atoms with Crippen molar-refractivity contribution >= 4 is 12.1 Å². The van der Waals surface area contributed by atoms with Crippen molar-refractivity contribution in [3.05, 3.63) is 0 Å². The molecule has 2 N–H and O–H groups in total. The number of hydrogen-bond donors (Lipinski definition) is 2. The van der Waals surface area contributed by atoms with E-state index in [1.54, 1.807) is 0 Å². The predicted octanol–water partition coefficient (Wildman–Crippen LogP) is 1.54. The van der Waals surface area contributed by atoms with Gasteiger partial charge in [0, 0.05) is 0 Å². The summed E-state index contributed by atoms with van der Waals surface area (Å²) < 4.78 is 77.0. The Balaban J connectivity index is 5.39. The zero-order valence-corrected chi connectivity index (χ0v) is 8.59. The summed E-state index contributed by atoms with van der Waals surface area (Å²) in [7, 11) is 0.657. The molecule has 0 aliphatic carbocycles. The average molecular weight is 283 g/mol. The van der Waals surface area contributed by atoms with Crippen LogP contribution in [0.2, 0.25) is 0 Å². The van der Waals surface area contributed by atoms with E-state index in [4.69, 9.17) is 5.11 Å². The van der Waals surface area contributed by atoms with Crippen molar-refractivity contribution in [2.45, 2.75) is 18.4 Å². The van der Waals surface area contributed by atoms with Gasteiger partial charge in [0.15, 0.2) is 5.92 Å². The smallest absolute Gasteiger partial charge is 0.407 e. The number of carbonyl (C=O) groups is 2. The minimum absolute atomic E-state index is 0.657. The molecule has 11 heteroatoms. The second-order valence-corrected chi connectivity index (χ2v) is 3.01. The van der Waals surface area contributed by atoms with Crippen LogP contribution in [0.5, 0.6) is 0 Å². The molecule has 0 aromatic heterocycles. The van der Waals surface area contributed by atoms with Gasteiger partial charge >= 0.3 is 24.4 Å². The van der Waals surface area contributed by atoms with Gasteiger partial charge in [0.2, 0.25) is 0 Å². The molecule has 0 bridgehead atoms. The van der Waals surface area contributed by atoms with Crippen molar-refractivity contribution in [3.63, 3.8) is 0 Å². The number of alkyl halides is 6. The summed E-state index contributed by atoms with van der Waals surface area (Å²) in [4.78, 5) is 21.0. The number of carboxylic acid groups (broad SMARTS) is 1. The first-order valence-electron chi connectivity index (χ1n) is 4.12. The van der Waals surface area contributed by atoms with Crippen LogP contribution in [-0.4, -0.2) is 42.7 Å². The monoisotopic (exact) mass is 283 g/mol. The molecule has 0 aromatic carbocycles. The fraction of sp³-hybridized carbons (Fsp3) is 0.714. The van der Waals surface area contributed by atoms with E-state index in [2.05, 4.69) is 4.74 Å². The lowest BCUT2D eigenvalue weighted by Crippen LogP contribution is -2.56. The van der Waals surface area contributed by atoms with Crippen LogP contribution in [0.1, 0.15) is 0 Å². The summed E-state index contributed by atoms with van der Waals surface area (Å²) in [5.74, 6) is -6.72. The Bertz CT molecular complexity index is 311. The number of amides is 1. The van der Waals surface area contributed by atoms with E-state index >= 15 is 0 Å². The van der Waals surface area contributed by atoms with Gasteiger partial charge in [0.25, 0.3) is 0 Å². The Morgan fingerprint density at radius 1 is 1.11 bits per heavy atom. The highest BCUT2D eigenvalue weighted by Gasteiger charge is 2.62. The average Bonchev–Trinajstić information content (AvgIpc) is 2.11. The second-order valence-electron chi connectivity index (χ2n) is 3.01. The van der Waals surface area contributed by atoms with E-state index in [1.807, 2.05) is 0 Å². The van der Waals surface area contributed by atoms with E-state index in [0.29, 0.717) is 7.11 Å². The van der Waals surface area contributed by atoms with E-state index < -0.39 is 36.4 Å². The summed E-state index contributed by atoms with van der Waals surface area (Å²) in [5, 5.41) is 9.32. The van der Waals surface area contributed by atoms with Gasteiger partial charge in [-0.3, -0.25) is 0 Å². The molecular formula is C7H7F6NO4. The number of carbonyl (C=O) groups excluding carboxylic acids is 1. The Morgan fingerprint density at radius 3 is 1.72 bits per heavy atom. The Kier molecular flexibility index (Phi) is 4.82. The van der Waals surface area contributed by atoms with Gasteiger partial charge in [-0.1, -0.05) is 0 Å². The molecule has 0 saturated carbocycles. The normalized spacial score (nSPS) is 14.2. The molecule has 0 saturated heterocycles. The maximum Gasteiger partial charge on any atom is 0.407 e. The molecule has 106 valence electrons. The van der Waals surface area contributed by atoms with Crippen LogP contribution in [0.4, 0.5) is 31.1 Å². The fourth-order valence-electron chi connectivity index (χ4n) is 1.04. The van der Waals surface area contributed by atoms with E-state index in [1.165, 1.54) is 0 Å². The molecule has 18 heavy (non-hydrogen) atoms. The first-order chi connectivity index (χ1) is 7.91. The molecule has 0 unspecified atom stereocenters. The molecule has 1 atom stereocenters. The highest BCUT2D eigenvalue weighted by atomic mass is 19.4. The third-order valence-corrected chi connectivity index (χ3v) is 1.76. The fourth-order valence-corrected chi connectivity index (χ4v) is 1.04.